The van der Waals surface area contributed by atoms with Crippen molar-refractivity contribution in [3.8, 4) is 33.9 Å². The van der Waals surface area contributed by atoms with E-state index in [1.54, 1.807) is 39.5 Å². The third kappa shape index (κ3) is 16.1. The highest BCUT2D eigenvalue weighted by Crippen LogP contribution is 2.33. The number of hydrogen-bond acceptors (Lipinski definition) is 15. The van der Waals surface area contributed by atoms with Crippen LogP contribution in [0.1, 0.15) is 103 Å². The number of hydrogen-bond donors (Lipinski definition) is 2. The fourth-order valence-corrected chi connectivity index (χ4v) is 9.00. The van der Waals surface area contributed by atoms with Crippen LogP contribution >= 0.6 is 34.8 Å². The lowest BCUT2D eigenvalue weighted by molar-refractivity contribution is 0.0211. The fraction of sp³-hybridized carbons (Fsp3) is 0.418. The molecule has 0 saturated carbocycles. The van der Waals surface area contributed by atoms with Crippen molar-refractivity contribution in [2.75, 3.05) is 31.5 Å². The summed E-state index contributed by atoms with van der Waals surface area (Å²) in [6.07, 6.45) is 7.74. The van der Waals surface area contributed by atoms with Gasteiger partial charge in [-0.2, -0.15) is 0 Å². The molecule has 1 aromatic carbocycles. The maximum atomic E-state index is 12.7. The van der Waals surface area contributed by atoms with Gasteiger partial charge in [0.15, 0.2) is 5.82 Å². The van der Waals surface area contributed by atoms with E-state index in [-0.39, 0.29) is 34.9 Å². The van der Waals surface area contributed by atoms with Gasteiger partial charge in [-0.3, -0.25) is 9.97 Å². The van der Waals surface area contributed by atoms with E-state index >= 15 is 0 Å². The zero-order valence-electron chi connectivity index (χ0n) is 45.4. The number of halogens is 3. The summed E-state index contributed by atoms with van der Waals surface area (Å²) in [4.78, 5) is 88.3. The summed E-state index contributed by atoms with van der Waals surface area (Å²) in [6, 6.07) is 14.7. The van der Waals surface area contributed by atoms with Crippen LogP contribution in [0, 0.1) is 0 Å². The summed E-state index contributed by atoms with van der Waals surface area (Å²) in [5.74, 6) is 0.547. The molecular weight excluding hydrogens is 1060 g/mol. The fourth-order valence-electron chi connectivity index (χ4n) is 8.30. The van der Waals surface area contributed by atoms with E-state index < -0.39 is 16.8 Å². The van der Waals surface area contributed by atoms with Crippen molar-refractivity contribution >= 4 is 64.8 Å². The minimum Gasteiger partial charge on any atom is -0.444 e. The Balaban J connectivity index is 0.000000179. The van der Waals surface area contributed by atoms with E-state index in [1.807, 2.05) is 118 Å². The van der Waals surface area contributed by atoms with E-state index in [9.17, 15) is 19.2 Å². The molecule has 9 rings (SSSR count). The first-order chi connectivity index (χ1) is 36.8. The van der Waals surface area contributed by atoms with Crippen LogP contribution in [0.15, 0.2) is 73.3 Å². The number of carbonyl (C=O) groups excluding carboxylic acids is 4. The molecule has 3 aliphatic rings. The molecule has 5 amide bonds. The first-order valence-electron chi connectivity index (χ1n) is 25.4. The van der Waals surface area contributed by atoms with Crippen LogP contribution in [0.2, 0.25) is 15.7 Å². The Morgan fingerprint density at radius 1 is 0.513 bits per heavy atom. The minimum atomic E-state index is -0.569. The van der Waals surface area contributed by atoms with Crippen molar-refractivity contribution < 1.29 is 33.4 Å². The van der Waals surface area contributed by atoms with E-state index in [2.05, 4.69) is 40.5 Å². The van der Waals surface area contributed by atoms with Crippen molar-refractivity contribution in [3.05, 3.63) is 123 Å². The number of carbonyl (C=O) groups is 4. The molecule has 0 saturated heterocycles. The monoisotopic (exact) mass is 1120 g/mol. The number of urea groups is 1. The Labute approximate surface area is 469 Å². The SMILES string of the molecule is CC(C)(C)OC(=O)N1CCc2c(Cl)nc(Cl)nc2C1.CC(C)(C)OC(=O)N1CCc2c(nc(Cl)nc2-c2ccncc2)C1.CCNC(=O)Nc1ccc(-c2nc3c(c(-c4ccncc4)n2)CCN(C(=O)OC(C)(C)C)C3)cc1. The lowest BCUT2D eigenvalue weighted by atomic mass is 9.98. The predicted molar refractivity (Wildman–Crippen MR) is 297 cm³/mol. The highest BCUT2D eigenvalue weighted by molar-refractivity contribution is 6.32. The second kappa shape index (κ2) is 25.0. The molecule has 0 aliphatic carbocycles. The van der Waals surface area contributed by atoms with Gasteiger partial charge in [-0.15, -0.1) is 0 Å². The third-order valence-corrected chi connectivity index (χ3v) is 12.3. The molecular formula is C55H64Cl3N13O7. The average molecular weight is 1130 g/mol. The van der Waals surface area contributed by atoms with Gasteiger partial charge < -0.3 is 39.5 Å². The van der Waals surface area contributed by atoms with Crippen LogP contribution in [-0.2, 0) is 53.1 Å². The van der Waals surface area contributed by atoms with Crippen LogP contribution in [0.5, 0.6) is 0 Å². The summed E-state index contributed by atoms with van der Waals surface area (Å²) in [6.45, 7) is 21.7. The molecule has 0 unspecified atom stereocenters. The molecule has 23 heteroatoms. The van der Waals surface area contributed by atoms with Gasteiger partial charge >= 0.3 is 24.3 Å². The van der Waals surface area contributed by atoms with Crippen molar-refractivity contribution in [2.45, 2.75) is 125 Å². The molecule has 0 atom stereocenters. The lowest BCUT2D eigenvalue weighted by Crippen LogP contribution is -2.40. The molecule has 78 heavy (non-hydrogen) atoms. The highest BCUT2D eigenvalue weighted by Gasteiger charge is 2.32. The maximum Gasteiger partial charge on any atom is 0.410 e. The minimum absolute atomic E-state index is 0.0924. The van der Waals surface area contributed by atoms with Crippen molar-refractivity contribution in [2.24, 2.45) is 0 Å². The van der Waals surface area contributed by atoms with Crippen LogP contribution < -0.4 is 10.6 Å². The zero-order chi connectivity index (χ0) is 56.5. The van der Waals surface area contributed by atoms with Crippen LogP contribution in [0.3, 0.4) is 0 Å². The second-order valence-corrected chi connectivity index (χ2v) is 22.3. The number of aromatic nitrogens is 8. The van der Waals surface area contributed by atoms with Crippen molar-refractivity contribution in [1.29, 1.82) is 0 Å². The number of nitrogens with zero attached hydrogens (tertiary/aromatic N) is 11. The number of anilines is 1. The van der Waals surface area contributed by atoms with E-state index in [0.29, 0.717) is 87.4 Å². The molecule has 3 aliphatic heterocycles. The number of pyridine rings is 2. The number of fused-ring (bicyclic) bond motifs is 3. The Morgan fingerprint density at radius 2 is 0.910 bits per heavy atom. The summed E-state index contributed by atoms with van der Waals surface area (Å²) in [5, 5.41) is 6.12. The average Bonchev–Trinajstić information content (AvgIpc) is 3.39. The molecule has 5 aromatic heterocycles. The topological polar surface area (TPSA) is 233 Å². The number of ether oxygens (including phenoxy) is 3. The Hall–Kier alpha value is -7.29. The first kappa shape index (κ1) is 58.4. The molecule has 8 heterocycles. The Bertz CT molecular complexity index is 3120. The van der Waals surface area contributed by atoms with Crippen LogP contribution in [-0.4, -0.2) is 122 Å². The van der Waals surface area contributed by atoms with Gasteiger partial charge in [0.1, 0.15) is 22.0 Å². The number of benzene rings is 1. The largest absolute Gasteiger partial charge is 0.444 e. The number of amides is 5. The van der Waals surface area contributed by atoms with Gasteiger partial charge in [-0.1, -0.05) is 11.6 Å². The summed E-state index contributed by atoms with van der Waals surface area (Å²) < 4.78 is 16.3. The molecule has 0 spiro atoms. The molecule has 2 N–H and O–H groups in total. The van der Waals surface area contributed by atoms with Crippen LogP contribution in [0.4, 0.5) is 24.9 Å². The van der Waals surface area contributed by atoms with Crippen molar-refractivity contribution in [3.63, 3.8) is 0 Å². The number of nitrogens with one attached hydrogen (secondary N) is 2. The Morgan fingerprint density at radius 3 is 1.35 bits per heavy atom. The summed E-state index contributed by atoms with van der Waals surface area (Å²) >= 11 is 17.9. The van der Waals surface area contributed by atoms with Gasteiger partial charge in [-0.25, -0.2) is 49.1 Å². The van der Waals surface area contributed by atoms with Crippen LogP contribution in [0.25, 0.3) is 33.9 Å². The van der Waals surface area contributed by atoms with E-state index in [4.69, 9.17) is 59.0 Å². The lowest BCUT2D eigenvalue weighted by Gasteiger charge is -2.31. The quantitative estimate of drug-likeness (QED) is 0.0928. The molecule has 20 nitrogen and oxygen atoms in total. The molecule has 0 radical (unpaired) electrons. The van der Waals surface area contributed by atoms with Gasteiger partial charge in [0.25, 0.3) is 0 Å². The predicted octanol–water partition coefficient (Wildman–Crippen LogP) is 11.2. The summed E-state index contributed by atoms with van der Waals surface area (Å²) in [5.41, 5.74) is 8.52. The molecule has 0 bridgehead atoms. The van der Waals surface area contributed by atoms with E-state index in [0.717, 1.165) is 56.2 Å². The van der Waals surface area contributed by atoms with Crippen molar-refractivity contribution in [1.82, 2.24) is 59.9 Å². The molecule has 0 fully saturated rings. The highest BCUT2D eigenvalue weighted by atomic mass is 35.5. The summed E-state index contributed by atoms with van der Waals surface area (Å²) in [7, 11) is 0. The third-order valence-electron chi connectivity index (χ3n) is 11.7. The molecule has 412 valence electrons. The van der Waals surface area contributed by atoms with Gasteiger partial charge in [0.2, 0.25) is 10.6 Å². The smallest absolute Gasteiger partial charge is 0.410 e. The Kier molecular flexibility index (Phi) is 18.7. The van der Waals surface area contributed by atoms with Gasteiger partial charge in [0, 0.05) is 90.0 Å². The second-order valence-electron chi connectivity index (χ2n) is 21.3. The number of rotatable bonds is 5. The van der Waals surface area contributed by atoms with Gasteiger partial charge in [0.05, 0.1) is 48.1 Å². The first-order valence-corrected chi connectivity index (χ1v) is 26.5. The van der Waals surface area contributed by atoms with Gasteiger partial charge in [-0.05, 0) is 160 Å². The van der Waals surface area contributed by atoms with E-state index in [1.165, 1.54) is 0 Å². The normalized spacial score (nSPS) is 13.9. The zero-order valence-corrected chi connectivity index (χ0v) is 47.7. The maximum absolute atomic E-state index is 12.7. The molecule has 6 aromatic rings. The standard InChI is InChI=1S/C26H30N6O3.C17H19ClN4O2.C12H15Cl2N3O2/c1-5-28-24(33)29-19-8-6-18(7-9-19)23-30-21-16-32(25(34)35-26(2,3)4)15-12-20(21)22(31-23)17-10-13-27-14-11-17;1-17(2,3)24-16(23)22-9-6-12-13(10-22)20-15(18)21-14(12)11-4-7-19-8-5-11;1-12(2,3)19-11(18)17-5-4-7-8(6-17)15-10(14)16-9(7)13/h6-11,13-14H,5,12,15-16H2,1-4H3,(H2,28,29,33);4-5,7-8H,6,9-10H2,1-3H3;4-6H2,1-3H3.